The number of anilines is 1. The monoisotopic (exact) mass is 344 g/mol. The van der Waals surface area contributed by atoms with Gasteiger partial charge in [0.1, 0.15) is 11.3 Å². The summed E-state index contributed by atoms with van der Waals surface area (Å²) in [5, 5.41) is 13.0. The Morgan fingerprint density at radius 3 is 2.69 bits per heavy atom. The lowest BCUT2D eigenvalue weighted by Crippen LogP contribution is -2.11. The van der Waals surface area contributed by atoms with Gasteiger partial charge in [0.25, 0.3) is 5.91 Å². The molecule has 5 nitrogen and oxygen atoms in total. The fourth-order valence-electron chi connectivity index (χ4n) is 2.76. The molecule has 0 saturated heterocycles. The highest BCUT2D eigenvalue weighted by atomic mass is 16.3. The number of phenols is 1. The maximum Gasteiger partial charge on any atom is 0.255 e. The lowest BCUT2D eigenvalue weighted by Gasteiger charge is -2.08. The maximum absolute atomic E-state index is 12.4. The summed E-state index contributed by atoms with van der Waals surface area (Å²) in [6.07, 6.45) is 0. The van der Waals surface area contributed by atoms with Gasteiger partial charge < -0.3 is 14.8 Å². The van der Waals surface area contributed by atoms with Crippen LogP contribution in [0.1, 0.15) is 15.9 Å². The average Bonchev–Trinajstić information content (AvgIpc) is 3.07. The summed E-state index contributed by atoms with van der Waals surface area (Å²) >= 11 is 0. The van der Waals surface area contributed by atoms with Gasteiger partial charge in [-0.05, 0) is 49.4 Å². The van der Waals surface area contributed by atoms with Crippen molar-refractivity contribution in [3.63, 3.8) is 0 Å². The molecule has 26 heavy (non-hydrogen) atoms. The van der Waals surface area contributed by atoms with Crippen LogP contribution in [0.3, 0.4) is 0 Å². The van der Waals surface area contributed by atoms with Crippen LogP contribution < -0.4 is 5.32 Å². The van der Waals surface area contributed by atoms with E-state index in [1.165, 1.54) is 6.07 Å². The smallest absolute Gasteiger partial charge is 0.255 e. The van der Waals surface area contributed by atoms with Crippen LogP contribution in [0.25, 0.3) is 22.6 Å². The van der Waals surface area contributed by atoms with E-state index in [0.29, 0.717) is 33.8 Å². The molecule has 0 saturated carbocycles. The fraction of sp³-hybridized carbons (Fsp3) is 0.0476. The Morgan fingerprint density at radius 1 is 1.04 bits per heavy atom. The first-order valence-corrected chi connectivity index (χ1v) is 8.17. The van der Waals surface area contributed by atoms with Gasteiger partial charge in [-0.25, -0.2) is 4.98 Å². The number of aryl methyl sites for hydroxylation is 1. The van der Waals surface area contributed by atoms with E-state index in [2.05, 4.69) is 10.3 Å². The Kier molecular flexibility index (Phi) is 3.89. The van der Waals surface area contributed by atoms with Crippen LogP contribution in [0.4, 0.5) is 5.69 Å². The Balaban J connectivity index is 1.67. The third-order valence-electron chi connectivity index (χ3n) is 4.06. The number of nitrogens with one attached hydrogen (secondary N) is 1. The molecular weight excluding hydrogens is 328 g/mol. The number of fused-ring (bicyclic) bond motifs is 1. The van der Waals surface area contributed by atoms with Gasteiger partial charge in [0.15, 0.2) is 5.58 Å². The van der Waals surface area contributed by atoms with Crippen LogP contribution >= 0.6 is 0 Å². The quantitative estimate of drug-likeness (QED) is 0.525. The third kappa shape index (κ3) is 3.02. The van der Waals surface area contributed by atoms with Gasteiger partial charge in [0, 0.05) is 11.3 Å². The predicted molar refractivity (Wildman–Crippen MR) is 100 cm³/mol. The third-order valence-corrected chi connectivity index (χ3v) is 4.06. The van der Waals surface area contributed by atoms with Crippen molar-refractivity contribution >= 4 is 22.7 Å². The number of aromatic hydroxyl groups is 1. The van der Waals surface area contributed by atoms with Gasteiger partial charge in [-0.15, -0.1) is 0 Å². The zero-order chi connectivity index (χ0) is 18.1. The molecule has 0 aliphatic carbocycles. The van der Waals surface area contributed by atoms with Crippen molar-refractivity contribution < 1.29 is 14.3 Å². The summed E-state index contributed by atoms with van der Waals surface area (Å²) < 4.78 is 5.71. The fourth-order valence-corrected chi connectivity index (χ4v) is 2.76. The Bertz CT molecular complexity index is 1080. The number of aromatic nitrogens is 1. The molecule has 1 amide bonds. The first kappa shape index (κ1) is 15.9. The molecule has 0 bridgehead atoms. The molecule has 0 radical (unpaired) electrons. The molecule has 0 atom stereocenters. The average molecular weight is 344 g/mol. The highest BCUT2D eigenvalue weighted by molar-refractivity contribution is 6.04. The minimum atomic E-state index is -0.220. The number of benzene rings is 3. The number of para-hydroxylation sites is 2. The van der Waals surface area contributed by atoms with Crippen LogP contribution in [0.15, 0.2) is 71.1 Å². The van der Waals surface area contributed by atoms with Crippen molar-refractivity contribution in [1.82, 2.24) is 4.98 Å². The Labute approximate surface area is 149 Å². The topological polar surface area (TPSA) is 75.4 Å². The summed E-state index contributed by atoms with van der Waals surface area (Å²) in [5.41, 5.74) is 3.89. The Hall–Kier alpha value is -3.60. The van der Waals surface area contributed by atoms with Crippen LogP contribution in [0.5, 0.6) is 5.75 Å². The number of amides is 1. The molecule has 4 aromatic rings. The number of hydrogen-bond donors (Lipinski definition) is 2. The standard InChI is InChI=1S/C21H16N2O3/c1-13-5-4-6-14(11-13)20(25)22-15-9-10-18(24)16(12-15)21-23-17-7-2-3-8-19(17)26-21/h2-12,24H,1H3,(H,22,25). The molecule has 0 spiro atoms. The first-order valence-electron chi connectivity index (χ1n) is 8.17. The number of hydrogen-bond acceptors (Lipinski definition) is 4. The summed E-state index contributed by atoms with van der Waals surface area (Å²) in [6, 6.07) is 19.5. The van der Waals surface area contributed by atoms with E-state index < -0.39 is 0 Å². The van der Waals surface area contributed by atoms with E-state index in [-0.39, 0.29) is 11.7 Å². The second-order valence-electron chi connectivity index (χ2n) is 6.04. The number of phenolic OH excluding ortho intramolecular Hbond substituents is 1. The van der Waals surface area contributed by atoms with E-state index in [0.717, 1.165) is 5.56 Å². The largest absolute Gasteiger partial charge is 0.507 e. The first-order chi connectivity index (χ1) is 12.6. The predicted octanol–water partition coefficient (Wildman–Crippen LogP) is 4.76. The summed E-state index contributed by atoms with van der Waals surface area (Å²) in [4.78, 5) is 16.8. The SMILES string of the molecule is Cc1cccc(C(=O)Nc2ccc(O)c(-c3nc4ccccc4o3)c2)c1. The van der Waals surface area contributed by atoms with Crippen LogP contribution in [-0.4, -0.2) is 16.0 Å². The molecule has 128 valence electrons. The molecule has 3 aromatic carbocycles. The lowest BCUT2D eigenvalue weighted by molar-refractivity contribution is 0.102. The molecule has 0 unspecified atom stereocenters. The van der Waals surface area contributed by atoms with Gasteiger partial charge >= 0.3 is 0 Å². The van der Waals surface area contributed by atoms with E-state index >= 15 is 0 Å². The number of nitrogens with zero attached hydrogens (tertiary/aromatic N) is 1. The normalized spacial score (nSPS) is 10.8. The molecule has 0 aliphatic rings. The van der Waals surface area contributed by atoms with E-state index in [9.17, 15) is 9.90 Å². The molecule has 1 aromatic heterocycles. The number of carbonyl (C=O) groups is 1. The van der Waals surface area contributed by atoms with Crippen molar-refractivity contribution in [2.24, 2.45) is 0 Å². The van der Waals surface area contributed by atoms with Crippen molar-refractivity contribution in [1.29, 1.82) is 0 Å². The van der Waals surface area contributed by atoms with Crippen LogP contribution in [-0.2, 0) is 0 Å². The van der Waals surface area contributed by atoms with Gasteiger partial charge in [-0.3, -0.25) is 4.79 Å². The molecule has 1 heterocycles. The van der Waals surface area contributed by atoms with Crippen molar-refractivity contribution in [3.8, 4) is 17.2 Å². The highest BCUT2D eigenvalue weighted by Gasteiger charge is 2.14. The minimum Gasteiger partial charge on any atom is -0.507 e. The second kappa shape index (κ2) is 6.37. The number of carbonyl (C=O) groups excluding carboxylic acids is 1. The summed E-state index contributed by atoms with van der Waals surface area (Å²) in [5.74, 6) is 0.114. The van der Waals surface area contributed by atoms with Gasteiger partial charge in [-0.2, -0.15) is 0 Å². The molecule has 5 heteroatoms. The lowest BCUT2D eigenvalue weighted by atomic mass is 10.1. The van der Waals surface area contributed by atoms with E-state index in [4.69, 9.17) is 4.42 Å². The summed E-state index contributed by atoms with van der Waals surface area (Å²) in [7, 11) is 0. The highest BCUT2D eigenvalue weighted by Crippen LogP contribution is 2.33. The zero-order valence-corrected chi connectivity index (χ0v) is 14.1. The number of rotatable bonds is 3. The van der Waals surface area contributed by atoms with Crippen molar-refractivity contribution in [2.75, 3.05) is 5.32 Å². The zero-order valence-electron chi connectivity index (χ0n) is 14.1. The minimum absolute atomic E-state index is 0.0325. The van der Waals surface area contributed by atoms with Crippen LogP contribution in [0, 0.1) is 6.92 Å². The van der Waals surface area contributed by atoms with Gasteiger partial charge in [0.2, 0.25) is 5.89 Å². The van der Waals surface area contributed by atoms with Crippen LogP contribution in [0.2, 0.25) is 0 Å². The molecule has 0 aliphatic heterocycles. The van der Waals surface area contributed by atoms with Crippen molar-refractivity contribution in [3.05, 3.63) is 77.9 Å². The maximum atomic E-state index is 12.4. The van der Waals surface area contributed by atoms with E-state index in [1.807, 2.05) is 49.4 Å². The summed E-state index contributed by atoms with van der Waals surface area (Å²) in [6.45, 7) is 1.93. The number of oxazole rings is 1. The van der Waals surface area contributed by atoms with Gasteiger partial charge in [-0.1, -0.05) is 29.8 Å². The molecule has 4 rings (SSSR count). The molecule has 2 N–H and O–H groups in total. The van der Waals surface area contributed by atoms with Gasteiger partial charge in [0.05, 0.1) is 5.56 Å². The molecule has 0 fully saturated rings. The van der Waals surface area contributed by atoms with E-state index in [1.54, 1.807) is 18.2 Å². The second-order valence-corrected chi connectivity index (χ2v) is 6.04. The Morgan fingerprint density at radius 2 is 1.88 bits per heavy atom. The molecular formula is C21H16N2O3. The van der Waals surface area contributed by atoms with Crippen molar-refractivity contribution in [2.45, 2.75) is 6.92 Å².